The Morgan fingerprint density at radius 1 is 1.42 bits per heavy atom. The Bertz CT molecular complexity index is 624. The summed E-state index contributed by atoms with van der Waals surface area (Å²) in [5, 5.41) is 11.9. The average Bonchev–Trinajstić information content (AvgIpc) is 2.40. The summed E-state index contributed by atoms with van der Waals surface area (Å²) in [5.41, 5.74) is -0.147. The maximum absolute atomic E-state index is 13.4. The minimum absolute atomic E-state index is 0.128. The highest BCUT2D eigenvalue weighted by atomic mass is 19.1. The summed E-state index contributed by atoms with van der Waals surface area (Å²) < 4.78 is 18.8. The molecule has 0 atom stereocenters. The monoisotopic (exact) mass is 258 g/mol. The van der Waals surface area contributed by atoms with Crippen LogP contribution < -0.4 is 10.1 Å². The number of ether oxygens (including phenoxy) is 1. The Balaban J connectivity index is 2.29. The molecule has 19 heavy (non-hydrogen) atoms. The van der Waals surface area contributed by atoms with E-state index < -0.39 is 5.82 Å². The summed E-state index contributed by atoms with van der Waals surface area (Å²) in [6, 6.07) is 7.53. The molecule has 0 saturated carbocycles. The van der Waals surface area contributed by atoms with Crippen molar-refractivity contribution in [2.75, 3.05) is 11.9 Å². The van der Waals surface area contributed by atoms with Crippen molar-refractivity contribution >= 4 is 5.82 Å². The molecule has 0 saturated heterocycles. The lowest BCUT2D eigenvalue weighted by atomic mass is 10.2. The van der Waals surface area contributed by atoms with E-state index in [1.54, 1.807) is 12.1 Å². The zero-order valence-electron chi connectivity index (χ0n) is 10.2. The van der Waals surface area contributed by atoms with Gasteiger partial charge in [-0.05, 0) is 19.1 Å². The number of aromatic nitrogens is 2. The second-order valence-corrected chi connectivity index (χ2v) is 3.60. The van der Waals surface area contributed by atoms with Crippen LogP contribution in [0, 0.1) is 17.1 Å². The molecule has 0 radical (unpaired) electrons. The second kappa shape index (κ2) is 5.78. The summed E-state index contributed by atoms with van der Waals surface area (Å²) in [6.07, 6.45) is 1.33. The number of halogens is 1. The molecule has 0 unspecified atom stereocenters. The first-order valence-electron chi connectivity index (χ1n) is 5.67. The molecule has 1 N–H and O–H groups in total. The molecule has 1 aromatic carbocycles. The Morgan fingerprint density at radius 2 is 2.26 bits per heavy atom. The van der Waals surface area contributed by atoms with E-state index in [9.17, 15) is 4.39 Å². The van der Waals surface area contributed by atoms with Gasteiger partial charge in [0.1, 0.15) is 35.3 Å². The van der Waals surface area contributed by atoms with E-state index in [0.29, 0.717) is 12.4 Å². The van der Waals surface area contributed by atoms with Crippen molar-refractivity contribution in [3.8, 4) is 17.7 Å². The first kappa shape index (κ1) is 12.8. The van der Waals surface area contributed by atoms with E-state index in [1.165, 1.54) is 24.5 Å². The summed E-state index contributed by atoms with van der Waals surface area (Å²) in [5.74, 6) is 0.347. The van der Waals surface area contributed by atoms with Crippen molar-refractivity contribution < 1.29 is 9.13 Å². The highest BCUT2D eigenvalue weighted by Crippen LogP contribution is 2.25. The number of rotatable bonds is 4. The van der Waals surface area contributed by atoms with E-state index in [-0.39, 0.29) is 17.2 Å². The Labute approximate surface area is 109 Å². The van der Waals surface area contributed by atoms with Crippen molar-refractivity contribution in [2.24, 2.45) is 0 Å². The molecule has 5 nitrogen and oxygen atoms in total. The second-order valence-electron chi connectivity index (χ2n) is 3.60. The van der Waals surface area contributed by atoms with Gasteiger partial charge in [-0.25, -0.2) is 14.4 Å². The fraction of sp³-hybridized carbons (Fsp3) is 0.154. The molecule has 1 heterocycles. The molecule has 0 aliphatic rings. The molecule has 2 rings (SSSR count). The van der Waals surface area contributed by atoms with Crippen LogP contribution in [0.1, 0.15) is 12.5 Å². The topological polar surface area (TPSA) is 70.8 Å². The highest BCUT2D eigenvalue weighted by Gasteiger charge is 2.10. The molecular weight excluding hydrogens is 247 g/mol. The van der Waals surface area contributed by atoms with Crippen LogP contribution in [-0.2, 0) is 0 Å². The molecule has 6 heteroatoms. The predicted octanol–water partition coefficient (Wildman–Crippen LogP) is 2.71. The van der Waals surface area contributed by atoms with Crippen LogP contribution in [0.15, 0.2) is 30.6 Å². The van der Waals surface area contributed by atoms with Crippen LogP contribution in [0.4, 0.5) is 10.2 Å². The van der Waals surface area contributed by atoms with Gasteiger partial charge in [0.25, 0.3) is 0 Å². The van der Waals surface area contributed by atoms with Crippen molar-refractivity contribution in [2.45, 2.75) is 6.92 Å². The van der Waals surface area contributed by atoms with Crippen LogP contribution >= 0.6 is 0 Å². The van der Waals surface area contributed by atoms with Crippen molar-refractivity contribution in [1.82, 2.24) is 9.97 Å². The van der Waals surface area contributed by atoms with Crippen LogP contribution in [-0.4, -0.2) is 16.5 Å². The van der Waals surface area contributed by atoms with E-state index in [2.05, 4.69) is 15.3 Å². The van der Waals surface area contributed by atoms with Gasteiger partial charge in [-0.15, -0.1) is 0 Å². The fourth-order valence-electron chi connectivity index (χ4n) is 1.48. The molecule has 0 bridgehead atoms. The molecule has 1 aromatic heterocycles. The zero-order chi connectivity index (χ0) is 13.7. The van der Waals surface area contributed by atoms with Crippen LogP contribution in [0.3, 0.4) is 0 Å². The summed E-state index contributed by atoms with van der Waals surface area (Å²) in [6.45, 7) is 2.64. The lowest BCUT2D eigenvalue weighted by Crippen LogP contribution is -2.00. The zero-order valence-corrected chi connectivity index (χ0v) is 10.2. The van der Waals surface area contributed by atoms with Crippen LogP contribution in [0.5, 0.6) is 11.6 Å². The normalized spacial score (nSPS) is 9.74. The summed E-state index contributed by atoms with van der Waals surface area (Å²) in [4.78, 5) is 7.91. The van der Waals surface area contributed by atoms with Gasteiger partial charge in [-0.2, -0.15) is 5.26 Å². The maximum atomic E-state index is 13.4. The molecule has 0 amide bonds. The van der Waals surface area contributed by atoms with Gasteiger partial charge in [0.2, 0.25) is 5.88 Å². The van der Waals surface area contributed by atoms with E-state index in [4.69, 9.17) is 10.00 Å². The lowest BCUT2D eigenvalue weighted by Gasteiger charge is -2.08. The minimum atomic E-state index is -0.624. The Kier molecular flexibility index (Phi) is 3.88. The largest absolute Gasteiger partial charge is 0.437 e. The quantitative estimate of drug-likeness (QED) is 0.912. The van der Waals surface area contributed by atoms with Gasteiger partial charge in [-0.1, -0.05) is 6.07 Å². The summed E-state index contributed by atoms with van der Waals surface area (Å²) >= 11 is 0. The smallest absolute Gasteiger partial charge is 0.224 e. The molecular formula is C13H11FN4O. The molecule has 2 aromatic rings. The minimum Gasteiger partial charge on any atom is -0.437 e. The predicted molar refractivity (Wildman–Crippen MR) is 67.4 cm³/mol. The molecule has 0 fully saturated rings. The number of anilines is 1. The summed E-state index contributed by atoms with van der Waals surface area (Å²) in [7, 11) is 0. The number of hydrogen-bond donors (Lipinski definition) is 1. The lowest BCUT2D eigenvalue weighted by molar-refractivity contribution is 0.455. The Hall–Kier alpha value is -2.68. The van der Waals surface area contributed by atoms with Crippen LogP contribution in [0.2, 0.25) is 0 Å². The van der Waals surface area contributed by atoms with E-state index >= 15 is 0 Å². The van der Waals surface area contributed by atoms with Crippen molar-refractivity contribution in [3.05, 3.63) is 42.0 Å². The average molecular weight is 258 g/mol. The van der Waals surface area contributed by atoms with Gasteiger partial charge in [-0.3, -0.25) is 0 Å². The molecule has 0 aliphatic carbocycles. The highest BCUT2D eigenvalue weighted by molar-refractivity contribution is 5.46. The third kappa shape index (κ3) is 2.96. The van der Waals surface area contributed by atoms with E-state index in [0.717, 1.165) is 0 Å². The standard InChI is InChI=1S/C13H11FN4O/c1-2-16-12-6-13(18-8-17-12)19-11-5-3-4-10(14)9(11)7-15/h3-6,8H,2H2,1H3,(H,16,17,18). The number of nitrogens with one attached hydrogen (secondary N) is 1. The van der Waals surface area contributed by atoms with Crippen LogP contribution in [0.25, 0.3) is 0 Å². The van der Waals surface area contributed by atoms with E-state index in [1.807, 2.05) is 6.92 Å². The molecule has 0 aliphatic heterocycles. The third-order valence-corrected chi connectivity index (χ3v) is 2.30. The van der Waals surface area contributed by atoms with Gasteiger partial charge >= 0.3 is 0 Å². The van der Waals surface area contributed by atoms with Gasteiger partial charge in [0.15, 0.2) is 0 Å². The SMILES string of the molecule is CCNc1cc(Oc2cccc(F)c2C#N)ncn1. The molecule has 96 valence electrons. The maximum Gasteiger partial charge on any atom is 0.224 e. The van der Waals surface area contributed by atoms with Crippen molar-refractivity contribution in [3.63, 3.8) is 0 Å². The Morgan fingerprint density at radius 3 is 3.00 bits per heavy atom. The first-order chi connectivity index (χ1) is 9.24. The number of nitriles is 1. The third-order valence-electron chi connectivity index (χ3n) is 2.30. The van der Waals surface area contributed by atoms with Crippen molar-refractivity contribution in [1.29, 1.82) is 5.26 Å². The number of benzene rings is 1. The molecule has 0 spiro atoms. The number of hydrogen-bond acceptors (Lipinski definition) is 5. The van der Waals surface area contributed by atoms with Gasteiger partial charge in [0, 0.05) is 12.6 Å². The van der Waals surface area contributed by atoms with Gasteiger partial charge in [0.05, 0.1) is 0 Å². The fourth-order valence-corrected chi connectivity index (χ4v) is 1.48. The number of nitrogens with zero attached hydrogens (tertiary/aromatic N) is 3. The first-order valence-corrected chi connectivity index (χ1v) is 5.67. The van der Waals surface area contributed by atoms with Gasteiger partial charge < -0.3 is 10.1 Å².